The van der Waals surface area contributed by atoms with Gasteiger partial charge in [-0.25, -0.2) is 0 Å². The van der Waals surface area contributed by atoms with Gasteiger partial charge in [0.15, 0.2) is 11.4 Å². The molecule has 23 heavy (non-hydrogen) atoms. The summed E-state index contributed by atoms with van der Waals surface area (Å²) < 4.78 is 7.77. The van der Waals surface area contributed by atoms with E-state index in [4.69, 9.17) is 17.0 Å². The number of rotatable bonds is 4. The number of aromatic amines is 1. The van der Waals surface area contributed by atoms with Crippen molar-refractivity contribution in [1.82, 2.24) is 9.66 Å². The van der Waals surface area contributed by atoms with E-state index in [-0.39, 0.29) is 16.9 Å². The SMILES string of the molecule is O=C(COc1ccccc1Br)Nn1c(=S)[nH]c2ccsc2c1=O. The van der Waals surface area contributed by atoms with Gasteiger partial charge in [0.25, 0.3) is 11.5 Å². The fourth-order valence-corrected chi connectivity index (χ4v) is 3.32. The summed E-state index contributed by atoms with van der Waals surface area (Å²) in [6.45, 7) is -0.244. The van der Waals surface area contributed by atoms with Gasteiger partial charge in [-0.15, -0.1) is 11.3 Å². The zero-order chi connectivity index (χ0) is 16.4. The number of thiophene rings is 1. The second-order valence-electron chi connectivity index (χ2n) is 4.49. The highest BCUT2D eigenvalue weighted by molar-refractivity contribution is 9.10. The Morgan fingerprint density at radius 3 is 2.96 bits per heavy atom. The number of halogens is 1. The number of benzene rings is 1. The molecule has 9 heteroatoms. The van der Waals surface area contributed by atoms with Crippen LogP contribution in [0.25, 0.3) is 10.2 Å². The minimum absolute atomic E-state index is 0.121. The lowest BCUT2D eigenvalue weighted by atomic mass is 10.3. The molecule has 0 bridgehead atoms. The highest BCUT2D eigenvalue weighted by Gasteiger charge is 2.10. The molecular weight excluding hydrogens is 402 g/mol. The fraction of sp³-hybridized carbons (Fsp3) is 0.0714. The minimum atomic E-state index is -0.488. The van der Waals surface area contributed by atoms with Crippen LogP contribution in [-0.4, -0.2) is 22.2 Å². The third-order valence-corrected chi connectivity index (χ3v) is 4.78. The van der Waals surface area contributed by atoms with Gasteiger partial charge < -0.3 is 9.72 Å². The lowest BCUT2D eigenvalue weighted by molar-refractivity contribution is -0.119. The lowest BCUT2D eigenvalue weighted by Gasteiger charge is -2.10. The molecule has 2 aromatic heterocycles. The molecule has 0 fully saturated rings. The quantitative estimate of drug-likeness (QED) is 0.646. The lowest BCUT2D eigenvalue weighted by Crippen LogP contribution is -2.36. The van der Waals surface area contributed by atoms with Crippen LogP contribution in [0.2, 0.25) is 0 Å². The molecular formula is C14H10BrN3O3S2. The average Bonchev–Trinajstić information content (AvgIpc) is 2.99. The van der Waals surface area contributed by atoms with E-state index >= 15 is 0 Å². The van der Waals surface area contributed by atoms with Crippen LogP contribution in [0.15, 0.2) is 45.0 Å². The normalized spacial score (nSPS) is 10.7. The predicted molar refractivity (Wildman–Crippen MR) is 95.3 cm³/mol. The molecule has 2 N–H and O–H groups in total. The number of carbonyl (C=O) groups excluding carboxylic acids is 1. The van der Waals surface area contributed by atoms with Gasteiger partial charge in [0.05, 0.1) is 9.99 Å². The van der Waals surface area contributed by atoms with Gasteiger partial charge in [-0.3, -0.25) is 15.0 Å². The first-order valence-electron chi connectivity index (χ1n) is 6.46. The Balaban J connectivity index is 1.77. The molecule has 0 aliphatic carbocycles. The number of para-hydroxylation sites is 1. The molecule has 0 saturated heterocycles. The van der Waals surface area contributed by atoms with Gasteiger partial charge >= 0.3 is 0 Å². The van der Waals surface area contributed by atoms with Crippen molar-refractivity contribution in [2.75, 3.05) is 12.0 Å². The largest absolute Gasteiger partial charge is 0.483 e. The number of nitrogens with zero attached hydrogens (tertiary/aromatic N) is 1. The van der Waals surface area contributed by atoms with E-state index in [0.29, 0.717) is 16.0 Å². The van der Waals surface area contributed by atoms with Gasteiger partial charge in [0.2, 0.25) is 0 Å². The Bertz CT molecular complexity index is 993. The maximum Gasteiger partial charge on any atom is 0.291 e. The Hall–Kier alpha value is -1.97. The van der Waals surface area contributed by atoms with E-state index in [1.165, 1.54) is 11.3 Å². The second-order valence-corrected chi connectivity index (χ2v) is 6.65. The molecule has 0 spiro atoms. The third-order valence-electron chi connectivity index (χ3n) is 2.94. The molecule has 6 nitrogen and oxygen atoms in total. The smallest absolute Gasteiger partial charge is 0.291 e. The first-order chi connectivity index (χ1) is 11.1. The Morgan fingerprint density at radius 2 is 2.17 bits per heavy atom. The number of aromatic nitrogens is 2. The molecule has 0 aliphatic rings. The standard InChI is InChI=1S/C14H10BrN3O3S2/c15-8-3-1-2-4-10(8)21-7-11(19)17-18-13(20)12-9(5-6-23-12)16-14(18)22/h1-6H,7H2,(H,16,22)(H,17,19). The highest BCUT2D eigenvalue weighted by atomic mass is 79.9. The molecule has 3 rings (SSSR count). The maximum absolute atomic E-state index is 12.3. The summed E-state index contributed by atoms with van der Waals surface area (Å²) in [5.41, 5.74) is 2.73. The minimum Gasteiger partial charge on any atom is -0.483 e. The summed E-state index contributed by atoms with van der Waals surface area (Å²) in [4.78, 5) is 27.2. The Kier molecular flexibility index (Phi) is 4.60. The fourth-order valence-electron chi connectivity index (χ4n) is 1.90. The van der Waals surface area contributed by atoms with Crippen LogP contribution in [0.5, 0.6) is 5.75 Å². The van der Waals surface area contributed by atoms with Crippen LogP contribution in [0, 0.1) is 4.77 Å². The van der Waals surface area contributed by atoms with Crippen LogP contribution in [0.4, 0.5) is 0 Å². The highest BCUT2D eigenvalue weighted by Crippen LogP contribution is 2.23. The van der Waals surface area contributed by atoms with E-state index in [1.807, 2.05) is 6.07 Å². The van der Waals surface area contributed by atoms with Crippen molar-refractivity contribution >= 4 is 55.6 Å². The second kappa shape index (κ2) is 6.65. The van der Waals surface area contributed by atoms with Crippen LogP contribution >= 0.6 is 39.5 Å². The van der Waals surface area contributed by atoms with E-state index in [2.05, 4.69) is 26.3 Å². The molecule has 0 radical (unpaired) electrons. The van der Waals surface area contributed by atoms with Crippen LogP contribution in [0.1, 0.15) is 0 Å². The summed E-state index contributed by atoms with van der Waals surface area (Å²) >= 11 is 9.70. The van der Waals surface area contributed by atoms with Crippen molar-refractivity contribution in [2.45, 2.75) is 0 Å². The van der Waals surface area contributed by atoms with Gasteiger partial charge in [0.1, 0.15) is 10.4 Å². The monoisotopic (exact) mass is 411 g/mol. The van der Waals surface area contributed by atoms with E-state index in [1.54, 1.807) is 29.6 Å². The van der Waals surface area contributed by atoms with Crippen LogP contribution in [0.3, 0.4) is 0 Å². The first-order valence-corrected chi connectivity index (χ1v) is 8.54. The van der Waals surface area contributed by atoms with Gasteiger partial charge in [-0.05, 0) is 51.7 Å². The number of amides is 1. The molecule has 1 aromatic carbocycles. The van der Waals surface area contributed by atoms with Gasteiger partial charge in [-0.2, -0.15) is 4.68 Å². The van der Waals surface area contributed by atoms with Crippen LogP contribution in [-0.2, 0) is 4.79 Å². The molecule has 1 amide bonds. The van der Waals surface area contributed by atoms with Crippen molar-refractivity contribution < 1.29 is 9.53 Å². The number of fused-ring (bicyclic) bond motifs is 1. The van der Waals surface area contributed by atoms with Crippen molar-refractivity contribution in [3.8, 4) is 5.75 Å². The zero-order valence-corrected chi connectivity index (χ0v) is 14.8. The summed E-state index contributed by atoms with van der Waals surface area (Å²) in [6, 6.07) is 8.93. The molecule has 0 aliphatic heterocycles. The summed E-state index contributed by atoms with van der Waals surface area (Å²) in [7, 11) is 0. The first kappa shape index (κ1) is 15.9. The molecule has 0 saturated carbocycles. The van der Waals surface area contributed by atoms with E-state index in [9.17, 15) is 9.59 Å². The predicted octanol–water partition coefficient (Wildman–Crippen LogP) is 3.03. The number of hydrogen-bond donors (Lipinski definition) is 2. The maximum atomic E-state index is 12.3. The molecule has 0 unspecified atom stereocenters. The zero-order valence-electron chi connectivity index (χ0n) is 11.5. The van der Waals surface area contributed by atoms with Gasteiger partial charge in [-0.1, -0.05) is 12.1 Å². The number of H-pyrrole nitrogens is 1. The number of nitrogens with one attached hydrogen (secondary N) is 2. The molecule has 2 heterocycles. The third kappa shape index (κ3) is 3.36. The average molecular weight is 412 g/mol. The van der Waals surface area contributed by atoms with Crippen molar-refractivity contribution in [3.63, 3.8) is 0 Å². The van der Waals surface area contributed by atoms with Crippen molar-refractivity contribution in [1.29, 1.82) is 0 Å². The Morgan fingerprint density at radius 1 is 1.39 bits per heavy atom. The number of ether oxygens (including phenoxy) is 1. The topological polar surface area (TPSA) is 76.1 Å². The Labute approximate surface area is 147 Å². The van der Waals surface area contributed by atoms with Crippen LogP contribution < -0.4 is 15.7 Å². The van der Waals surface area contributed by atoms with Crippen molar-refractivity contribution in [3.05, 3.63) is 55.3 Å². The summed E-state index contributed by atoms with van der Waals surface area (Å²) in [5, 5.41) is 1.78. The van der Waals surface area contributed by atoms with Gasteiger partial charge in [0, 0.05) is 0 Å². The molecule has 0 atom stereocenters. The van der Waals surface area contributed by atoms with E-state index < -0.39 is 5.91 Å². The summed E-state index contributed by atoms with van der Waals surface area (Å²) in [6.07, 6.45) is 0. The molecule has 3 aromatic rings. The number of carbonyl (C=O) groups is 1. The van der Waals surface area contributed by atoms with Crippen molar-refractivity contribution in [2.24, 2.45) is 0 Å². The molecule has 118 valence electrons. The van der Waals surface area contributed by atoms with E-state index in [0.717, 1.165) is 9.15 Å². The number of hydrogen-bond acceptors (Lipinski definition) is 5. The summed E-state index contributed by atoms with van der Waals surface area (Å²) in [5.74, 6) is 0.0483.